The number of ether oxygens (including phenoxy) is 1. The molecule has 2 aromatic rings. The Labute approximate surface area is 102 Å². The van der Waals surface area contributed by atoms with Crippen molar-refractivity contribution >= 4 is 28.4 Å². The second-order valence-corrected chi connectivity index (χ2v) is 4.16. The predicted octanol–water partition coefficient (Wildman–Crippen LogP) is 2.87. The lowest BCUT2D eigenvalue weighted by molar-refractivity contribution is -0.383. The lowest BCUT2D eigenvalue weighted by Gasteiger charge is -2.06. The van der Waals surface area contributed by atoms with Crippen LogP contribution in [0.2, 0.25) is 0 Å². The summed E-state index contributed by atoms with van der Waals surface area (Å²) in [7, 11) is 1.49. The standard InChI is InChI=1S/C11H10N2O3S/c1-16-7-5-8-10(17-2)3-4-12-11(8)9(6-7)13(14)15/h3-6H,1-2H3. The van der Waals surface area contributed by atoms with E-state index in [1.54, 1.807) is 12.3 Å². The molecular weight excluding hydrogens is 240 g/mol. The van der Waals surface area contributed by atoms with E-state index in [1.807, 2.05) is 12.3 Å². The highest BCUT2D eigenvalue weighted by Crippen LogP contribution is 2.34. The number of fused-ring (bicyclic) bond motifs is 1. The fraction of sp³-hybridized carbons (Fsp3) is 0.182. The van der Waals surface area contributed by atoms with Crippen molar-refractivity contribution in [2.24, 2.45) is 0 Å². The average molecular weight is 250 g/mol. The van der Waals surface area contributed by atoms with Crippen LogP contribution in [0.3, 0.4) is 0 Å². The monoisotopic (exact) mass is 250 g/mol. The number of benzene rings is 1. The van der Waals surface area contributed by atoms with Crippen molar-refractivity contribution < 1.29 is 9.66 Å². The minimum atomic E-state index is -0.442. The maximum atomic E-state index is 11.0. The van der Waals surface area contributed by atoms with Crippen LogP contribution in [0.25, 0.3) is 10.9 Å². The van der Waals surface area contributed by atoms with Crippen molar-refractivity contribution in [1.29, 1.82) is 0 Å². The van der Waals surface area contributed by atoms with Crippen LogP contribution in [0.5, 0.6) is 5.75 Å². The number of pyridine rings is 1. The molecule has 2 rings (SSSR count). The number of hydrogen-bond donors (Lipinski definition) is 0. The first-order chi connectivity index (χ1) is 8.17. The van der Waals surface area contributed by atoms with Crippen LogP contribution in [0.15, 0.2) is 29.3 Å². The topological polar surface area (TPSA) is 65.3 Å². The normalized spacial score (nSPS) is 10.5. The van der Waals surface area contributed by atoms with Crippen LogP contribution in [0, 0.1) is 10.1 Å². The molecule has 1 heterocycles. The third-order valence-corrected chi connectivity index (χ3v) is 3.21. The van der Waals surface area contributed by atoms with E-state index in [9.17, 15) is 10.1 Å². The molecule has 0 saturated heterocycles. The van der Waals surface area contributed by atoms with Crippen LogP contribution in [0.1, 0.15) is 0 Å². The van der Waals surface area contributed by atoms with Crippen LogP contribution >= 0.6 is 11.8 Å². The molecule has 0 atom stereocenters. The zero-order valence-electron chi connectivity index (χ0n) is 9.34. The van der Waals surface area contributed by atoms with Gasteiger partial charge in [-0.1, -0.05) is 0 Å². The Morgan fingerprint density at radius 3 is 2.82 bits per heavy atom. The van der Waals surface area contributed by atoms with E-state index in [1.165, 1.54) is 24.9 Å². The first-order valence-corrected chi connectivity index (χ1v) is 6.05. The summed E-state index contributed by atoms with van der Waals surface area (Å²) < 4.78 is 5.07. The van der Waals surface area contributed by atoms with Gasteiger partial charge in [0, 0.05) is 16.5 Å². The van der Waals surface area contributed by atoms with Crippen LogP contribution in [0.4, 0.5) is 5.69 Å². The highest BCUT2D eigenvalue weighted by molar-refractivity contribution is 7.98. The smallest absolute Gasteiger partial charge is 0.299 e. The molecule has 0 spiro atoms. The van der Waals surface area contributed by atoms with Gasteiger partial charge in [-0.3, -0.25) is 10.1 Å². The number of nitro benzene ring substituents is 1. The summed E-state index contributed by atoms with van der Waals surface area (Å²) in [4.78, 5) is 15.6. The van der Waals surface area contributed by atoms with Gasteiger partial charge in [-0.25, -0.2) is 4.98 Å². The van der Waals surface area contributed by atoms with Gasteiger partial charge in [-0.05, 0) is 18.4 Å². The number of non-ortho nitro benzene ring substituents is 1. The molecule has 0 amide bonds. The second-order valence-electron chi connectivity index (χ2n) is 3.31. The Bertz CT molecular complexity index is 586. The SMILES string of the molecule is COc1cc([N+](=O)[O-])c2nccc(SC)c2c1. The van der Waals surface area contributed by atoms with E-state index in [0.29, 0.717) is 11.3 Å². The molecule has 5 nitrogen and oxygen atoms in total. The summed E-state index contributed by atoms with van der Waals surface area (Å²) in [6, 6.07) is 4.98. The summed E-state index contributed by atoms with van der Waals surface area (Å²) in [5, 5.41) is 11.7. The van der Waals surface area contributed by atoms with E-state index in [-0.39, 0.29) is 5.69 Å². The number of rotatable bonds is 3. The molecule has 0 unspecified atom stereocenters. The average Bonchev–Trinajstić information content (AvgIpc) is 2.36. The summed E-state index contributed by atoms with van der Waals surface area (Å²) in [6.45, 7) is 0. The maximum absolute atomic E-state index is 11.0. The van der Waals surface area contributed by atoms with Crippen molar-refractivity contribution in [3.8, 4) is 5.75 Å². The molecule has 0 aliphatic heterocycles. The lowest BCUT2D eigenvalue weighted by Crippen LogP contribution is -1.94. The van der Waals surface area contributed by atoms with Gasteiger partial charge in [0.05, 0.1) is 18.1 Å². The second kappa shape index (κ2) is 4.58. The van der Waals surface area contributed by atoms with Gasteiger partial charge in [-0.2, -0.15) is 0 Å². The Morgan fingerprint density at radius 1 is 1.47 bits per heavy atom. The van der Waals surface area contributed by atoms with Crippen molar-refractivity contribution in [2.75, 3.05) is 13.4 Å². The fourth-order valence-electron chi connectivity index (χ4n) is 1.62. The summed E-state index contributed by atoms with van der Waals surface area (Å²) in [5.74, 6) is 0.465. The predicted molar refractivity (Wildman–Crippen MR) is 66.7 cm³/mol. The molecule has 0 N–H and O–H groups in total. The molecular formula is C11H10N2O3S. The summed E-state index contributed by atoms with van der Waals surface area (Å²) >= 11 is 1.52. The van der Waals surface area contributed by atoms with E-state index in [2.05, 4.69) is 4.98 Å². The maximum Gasteiger partial charge on any atom is 0.299 e. The molecule has 1 aromatic carbocycles. The van der Waals surface area contributed by atoms with Gasteiger partial charge in [0.1, 0.15) is 11.3 Å². The quantitative estimate of drug-likeness (QED) is 0.476. The Hall–Kier alpha value is -1.82. The molecule has 0 radical (unpaired) electrons. The third kappa shape index (κ3) is 2.03. The number of aromatic nitrogens is 1. The van der Waals surface area contributed by atoms with Gasteiger partial charge in [-0.15, -0.1) is 11.8 Å². The summed E-state index contributed by atoms with van der Waals surface area (Å²) in [5.41, 5.74) is 0.359. The fourth-order valence-corrected chi connectivity index (χ4v) is 2.19. The number of hydrogen-bond acceptors (Lipinski definition) is 5. The first kappa shape index (κ1) is 11.7. The molecule has 0 aliphatic rings. The third-order valence-electron chi connectivity index (χ3n) is 2.41. The van der Waals surface area contributed by atoms with E-state index >= 15 is 0 Å². The van der Waals surface area contributed by atoms with Crippen molar-refractivity contribution in [3.05, 3.63) is 34.5 Å². The molecule has 0 fully saturated rings. The van der Waals surface area contributed by atoms with Crippen LogP contribution in [-0.4, -0.2) is 23.3 Å². The van der Waals surface area contributed by atoms with Gasteiger partial charge >= 0.3 is 0 Å². The van der Waals surface area contributed by atoms with Crippen molar-refractivity contribution in [3.63, 3.8) is 0 Å². The first-order valence-electron chi connectivity index (χ1n) is 4.82. The Balaban J connectivity index is 2.85. The van der Waals surface area contributed by atoms with E-state index in [0.717, 1.165) is 10.3 Å². The van der Waals surface area contributed by atoms with Gasteiger partial charge < -0.3 is 4.74 Å². The van der Waals surface area contributed by atoms with Crippen LogP contribution in [-0.2, 0) is 0 Å². The Kier molecular flexibility index (Phi) is 3.14. The summed E-state index contributed by atoms with van der Waals surface area (Å²) in [6.07, 6.45) is 3.49. The molecule has 0 saturated carbocycles. The van der Waals surface area contributed by atoms with E-state index in [4.69, 9.17) is 4.74 Å². The molecule has 1 aromatic heterocycles. The van der Waals surface area contributed by atoms with Gasteiger partial charge in [0.25, 0.3) is 5.69 Å². The highest BCUT2D eigenvalue weighted by Gasteiger charge is 2.17. The minimum absolute atomic E-state index is 0.0322. The molecule has 0 bridgehead atoms. The lowest BCUT2D eigenvalue weighted by atomic mass is 10.2. The van der Waals surface area contributed by atoms with Gasteiger partial charge in [0.2, 0.25) is 0 Å². The number of nitrogens with zero attached hydrogens (tertiary/aromatic N) is 2. The van der Waals surface area contributed by atoms with E-state index < -0.39 is 4.92 Å². The molecule has 17 heavy (non-hydrogen) atoms. The van der Waals surface area contributed by atoms with Gasteiger partial charge in [0.15, 0.2) is 0 Å². The number of nitro groups is 1. The molecule has 6 heteroatoms. The Morgan fingerprint density at radius 2 is 2.24 bits per heavy atom. The zero-order valence-corrected chi connectivity index (χ0v) is 10.2. The number of thioether (sulfide) groups is 1. The molecule has 88 valence electrons. The molecule has 0 aliphatic carbocycles. The van der Waals surface area contributed by atoms with Crippen molar-refractivity contribution in [1.82, 2.24) is 4.98 Å². The number of methoxy groups -OCH3 is 1. The van der Waals surface area contributed by atoms with Crippen molar-refractivity contribution in [2.45, 2.75) is 4.90 Å². The largest absolute Gasteiger partial charge is 0.496 e. The minimum Gasteiger partial charge on any atom is -0.496 e. The zero-order chi connectivity index (χ0) is 12.4. The highest BCUT2D eigenvalue weighted by atomic mass is 32.2. The van der Waals surface area contributed by atoms with Crippen LogP contribution < -0.4 is 4.74 Å².